The van der Waals surface area contributed by atoms with Crippen molar-refractivity contribution in [2.24, 2.45) is 0 Å². The van der Waals surface area contributed by atoms with Crippen LogP contribution in [0.5, 0.6) is 5.75 Å². The lowest BCUT2D eigenvalue weighted by molar-refractivity contribution is -0.113. The molecule has 0 saturated heterocycles. The number of aromatic nitrogens is 3. The topological polar surface area (TPSA) is 69.0 Å². The number of halogens is 3. The van der Waals surface area contributed by atoms with E-state index in [0.717, 1.165) is 0 Å². The Balaban J connectivity index is 1.68. The van der Waals surface area contributed by atoms with Crippen molar-refractivity contribution in [2.75, 3.05) is 11.1 Å². The van der Waals surface area contributed by atoms with Crippen LogP contribution in [0.3, 0.4) is 0 Å². The van der Waals surface area contributed by atoms with Gasteiger partial charge in [0, 0.05) is 10.5 Å². The molecular weight excluding hydrogens is 490 g/mol. The summed E-state index contributed by atoms with van der Waals surface area (Å²) < 4.78 is 35.4. The Bertz CT molecular complexity index is 1060. The molecule has 2 aromatic carbocycles. The number of hydrogen-bond acceptors (Lipinski definition) is 5. The molecule has 164 valence electrons. The second-order valence-corrected chi connectivity index (χ2v) is 8.84. The maximum absolute atomic E-state index is 13.9. The van der Waals surface area contributed by atoms with Crippen molar-refractivity contribution in [1.29, 1.82) is 0 Å². The smallest absolute Gasteiger partial charge is 0.234 e. The average Bonchev–Trinajstić information content (AvgIpc) is 3.15. The lowest BCUT2D eigenvalue weighted by atomic mass is 10.3. The number of hydrogen-bond donors (Lipinski definition) is 1. The normalized spacial score (nSPS) is 12.1. The molecule has 3 aromatic rings. The Labute approximate surface area is 191 Å². The lowest BCUT2D eigenvalue weighted by Gasteiger charge is -2.18. The highest BCUT2D eigenvalue weighted by molar-refractivity contribution is 9.10. The van der Waals surface area contributed by atoms with E-state index in [9.17, 15) is 13.6 Å². The van der Waals surface area contributed by atoms with Gasteiger partial charge >= 0.3 is 0 Å². The molecule has 0 aliphatic heterocycles. The number of nitrogens with zero attached hydrogens (tertiary/aromatic N) is 3. The second-order valence-electron chi connectivity index (χ2n) is 6.98. The molecule has 0 aliphatic carbocycles. The minimum absolute atomic E-state index is 0.0127. The minimum atomic E-state index is -0.521. The fourth-order valence-corrected chi connectivity index (χ4v) is 4.03. The first-order valence-electron chi connectivity index (χ1n) is 9.49. The number of nitrogens with one attached hydrogen (secondary N) is 1. The van der Waals surface area contributed by atoms with Gasteiger partial charge in [0.25, 0.3) is 0 Å². The van der Waals surface area contributed by atoms with Crippen molar-refractivity contribution in [1.82, 2.24) is 14.8 Å². The lowest BCUT2D eigenvalue weighted by Crippen LogP contribution is -2.17. The molecule has 10 heteroatoms. The quantitative estimate of drug-likeness (QED) is 0.389. The van der Waals surface area contributed by atoms with E-state index in [1.807, 2.05) is 25.3 Å². The largest absolute Gasteiger partial charge is 0.483 e. The van der Waals surface area contributed by atoms with Gasteiger partial charge in [-0.25, -0.2) is 8.78 Å². The van der Waals surface area contributed by atoms with Crippen molar-refractivity contribution in [2.45, 2.75) is 38.1 Å². The third-order valence-electron chi connectivity index (χ3n) is 4.23. The SMILES string of the molecule is CC(Oc1ccc(F)cc1)c1nnc(SCC(=O)Nc2ccc(Br)cc2F)n1C(C)C. The molecule has 0 spiro atoms. The molecule has 6 nitrogen and oxygen atoms in total. The minimum Gasteiger partial charge on any atom is -0.483 e. The number of ether oxygens (including phenoxy) is 1. The van der Waals surface area contributed by atoms with Crippen LogP contribution in [-0.2, 0) is 4.79 Å². The summed E-state index contributed by atoms with van der Waals surface area (Å²) in [7, 11) is 0. The molecule has 1 N–H and O–H groups in total. The van der Waals surface area contributed by atoms with Crippen LogP contribution in [-0.4, -0.2) is 26.4 Å². The van der Waals surface area contributed by atoms with E-state index in [1.54, 1.807) is 18.2 Å². The van der Waals surface area contributed by atoms with E-state index in [2.05, 4.69) is 31.4 Å². The molecule has 1 unspecified atom stereocenters. The van der Waals surface area contributed by atoms with Gasteiger partial charge in [0.2, 0.25) is 5.91 Å². The van der Waals surface area contributed by atoms with Crippen molar-refractivity contribution in [3.8, 4) is 5.75 Å². The van der Waals surface area contributed by atoms with Crippen LogP contribution in [0.4, 0.5) is 14.5 Å². The number of rotatable bonds is 8. The van der Waals surface area contributed by atoms with Crippen LogP contribution in [0, 0.1) is 11.6 Å². The first-order valence-corrected chi connectivity index (χ1v) is 11.3. The molecular formula is C21H21BrF2N4O2S. The van der Waals surface area contributed by atoms with E-state index in [4.69, 9.17) is 4.74 Å². The van der Waals surface area contributed by atoms with E-state index in [1.165, 1.54) is 36.0 Å². The van der Waals surface area contributed by atoms with Gasteiger partial charge in [-0.05, 0) is 63.2 Å². The van der Waals surface area contributed by atoms with Crippen LogP contribution in [0.2, 0.25) is 0 Å². The van der Waals surface area contributed by atoms with Crippen molar-refractivity contribution >= 4 is 39.3 Å². The second kappa shape index (κ2) is 10.2. The summed E-state index contributed by atoms with van der Waals surface area (Å²) in [6, 6.07) is 10.2. The monoisotopic (exact) mass is 510 g/mol. The van der Waals surface area contributed by atoms with Gasteiger partial charge in [-0.3, -0.25) is 4.79 Å². The van der Waals surface area contributed by atoms with Gasteiger partial charge in [0.15, 0.2) is 17.1 Å². The zero-order chi connectivity index (χ0) is 22.5. The van der Waals surface area contributed by atoms with Crippen LogP contribution in [0.1, 0.15) is 38.7 Å². The average molecular weight is 511 g/mol. The van der Waals surface area contributed by atoms with E-state index in [-0.39, 0.29) is 29.2 Å². The zero-order valence-corrected chi connectivity index (χ0v) is 19.5. The number of amides is 1. The third-order valence-corrected chi connectivity index (χ3v) is 5.67. The maximum atomic E-state index is 13.9. The predicted molar refractivity (Wildman–Crippen MR) is 119 cm³/mol. The highest BCUT2D eigenvalue weighted by Crippen LogP contribution is 2.28. The summed E-state index contributed by atoms with van der Waals surface area (Å²) in [4.78, 5) is 12.3. The first kappa shape index (κ1) is 23.2. The van der Waals surface area contributed by atoms with Crippen molar-refractivity contribution in [3.05, 3.63) is 64.4 Å². The fourth-order valence-electron chi connectivity index (χ4n) is 2.83. The molecule has 0 bridgehead atoms. The molecule has 1 atom stereocenters. The van der Waals surface area contributed by atoms with E-state index >= 15 is 0 Å². The van der Waals surface area contributed by atoms with Gasteiger partial charge in [0.05, 0.1) is 11.4 Å². The van der Waals surface area contributed by atoms with E-state index in [0.29, 0.717) is 21.2 Å². The number of thioether (sulfide) groups is 1. The number of benzene rings is 2. The molecule has 0 saturated carbocycles. The van der Waals surface area contributed by atoms with Gasteiger partial charge in [-0.1, -0.05) is 27.7 Å². The zero-order valence-electron chi connectivity index (χ0n) is 17.1. The van der Waals surface area contributed by atoms with E-state index < -0.39 is 11.9 Å². The van der Waals surface area contributed by atoms with Crippen LogP contribution < -0.4 is 10.1 Å². The fraction of sp³-hybridized carbons (Fsp3) is 0.286. The molecule has 0 radical (unpaired) electrons. The van der Waals surface area contributed by atoms with Crippen LogP contribution in [0.15, 0.2) is 52.1 Å². The molecule has 0 fully saturated rings. The molecule has 31 heavy (non-hydrogen) atoms. The van der Waals surface area contributed by atoms with Gasteiger partial charge in [0.1, 0.15) is 17.4 Å². The summed E-state index contributed by atoms with van der Waals surface area (Å²) in [5, 5.41) is 11.5. The summed E-state index contributed by atoms with van der Waals surface area (Å²) in [6.07, 6.45) is -0.444. The Morgan fingerprint density at radius 3 is 2.52 bits per heavy atom. The van der Waals surface area contributed by atoms with Crippen LogP contribution >= 0.6 is 27.7 Å². The molecule has 1 heterocycles. The Morgan fingerprint density at radius 2 is 1.87 bits per heavy atom. The summed E-state index contributed by atoms with van der Waals surface area (Å²) >= 11 is 4.38. The Morgan fingerprint density at radius 1 is 1.16 bits per heavy atom. The summed E-state index contributed by atoms with van der Waals surface area (Å²) in [5.74, 6) is -0.0919. The van der Waals surface area contributed by atoms with Gasteiger partial charge in [-0.2, -0.15) is 0 Å². The first-order chi connectivity index (χ1) is 14.7. The Kier molecular flexibility index (Phi) is 7.66. The molecule has 0 aliphatic rings. The summed E-state index contributed by atoms with van der Waals surface area (Å²) in [6.45, 7) is 5.77. The standard InChI is InChI=1S/C21H21BrF2N4O2S/c1-12(2)28-20(13(3)30-16-7-5-15(23)6-8-16)26-27-21(28)31-11-19(29)25-18-9-4-14(22)10-17(18)24/h4-10,12-13H,11H2,1-3H3,(H,25,29). The van der Waals surface area contributed by atoms with Crippen LogP contribution in [0.25, 0.3) is 0 Å². The highest BCUT2D eigenvalue weighted by atomic mass is 79.9. The van der Waals surface area contributed by atoms with Crippen molar-refractivity contribution in [3.63, 3.8) is 0 Å². The van der Waals surface area contributed by atoms with Crippen molar-refractivity contribution < 1.29 is 18.3 Å². The molecule has 1 aromatic heterocycles. The molecule has 1 amide bonds. The van der Waals surface area contributed by atoms with Gasteiger partial charge < -0.3 is 14.6 Å². The predicted octanol–water partition coefficient (Wildman–Crippen LogP) is 5.77. The third kappa shape index (κ3) is 6.04. The maximum Gasteiger partial charge on any atom is 0.234 e. The molecule has 3 rings (SSSR count). The summed E-state index contributed by atoms with van der Waals surface area (Å²) in [5.41, 5.74) is 0.112. The number of carbonyl (C=O) groups is 1. The Hall–Kier alpha value is -2.46. The number of anilines is 1. The number of carbonyl (C=O) groups excluding carboxylic acids is 1. The van der Waals surface area contributed by atoms with Gasteiger partial charge in [-0.15, -0.1) is 10.2 Å². The highest BCUT2D eigenvalue weighted by Gasteiger charge is 2.22.